The molecular weight excluding hydrogens is 330 g/mol. The first-order valence-corrected chi connectivity index (χ1v) is 8.26. The minimum atomic E-state index is -0.608. The average molecular weight is 350 g/mol. The van der Waals surface area contributed by atoms with E-state index in [-0.39, 0.29) is 17.1 Å². The van der Waals surface area contributed by atoms with Crippen molar-refractivity contribution in [3.63, 3.8) is 0 Å². The van der Waals surface area contributed by atoms with Crippen molar-refractivity contribution < 1.29 is 9.90 Å². The van der Waals surface area contributed by atoms with Gasteiger partial charge in [-0.1, -0.05) is 11.6 Å². The van der Waals surface area contributed by atoms with E-state index in [1.807, 2.05) is 17.8 Å². The van der Waals surface area contributed by atoms with Crippen molar-refractivity contribution >= 4 is 23.3 Å². The number of nitrogens with zero attached hydrogens (tertiary/aromatic N) is 4. The van der Waals surface area contributed by atoms with Crippen LogP contribution in [0.1, 0.15) is 24.8 Å². The minimum Gasteiger partial charge on any atom is -0.385 e. The van der Waals surface area contributed by atoms with Crippen molar-refractivity contribution in [3.05, 3.63) is 41.7 Å². The van der Waals surface area contributed by atoms with E-state index in [4.69, 9.17) is 11.6 Å². The van der Waals surface area contributed by atoms with Crippen LogP contribution >= 0.6 is 11.6 Å². The van der Waals surface area contributed by atoms with E-state index >= 15 is 0 Å². The van der Waals surface area contributed by atoms with Gasteiger partial charge in [-0.25, -0.2) is 14.8 Å². The second-order valence-corrected chi connectivity index (χ2v) is 6.30. The highest BCUT2D eigenvalue weighted by molar-refractivity contribution is 6.32. The van der Waals surface area contributed by atoms with E-state index in [0.717, 1.165) is 12.8 Å². The van der Waals surface area contributed by atoms with E-state index in [1.54, 1.807) is 29.4 Å². The van der Waals surface area contributed by atoms with Gasteiger partial charge in [0.15, 0.2) is 5.15 Å². The molecule has 3 heterocycles. The first kappa shape index (κ1) is 16.7. The fraction of sp³-hybridized carbons (Fsp3) is 0.438. The number of aliphatic hydroxyl groups excluding tert-OH is 1. The third kappa shape index (κ3) is 3.52. The van der Waals surface area contributed by atoms with Crippen LogP contribution in [0.4, 0.5) is 10.5 Å². The summed E-state index contributed by atoms with van der Waals surface area (Å²) >= 11 is 5.96. The van der Waals surface area contributed by atoms with Gasteiger partial charge in [0.25, 0.3) is 0 Å². The lowest BCUT2D eigenvalue weighted by Gasteiger charge is -2.34. The molecule has 1 unspecified atom stereocenters. The molecule has 0 aromatic carbocycles. The van der Waals surface area contributed by atoms with Gasteiger partial charge in [0.2, 0.25) is 0 Å². The number of carbonyl (C=O) groups is 1. The van der Waals surface area contributed by atoms with Gasteiger partial charge in [0.1, 0.15) is 11.9 Å². The molecule has 24 heavy (non-hydrogen) atoms. The Hall–Kier alpha value is -2.12. The number of aromatic nitrogens is 3. The normalized spacial score (nSPS) is 16.9. The lowest BCUT2D eigenvalue weighted by Crippen LogP contribution is -2.42. The number of rotatable bonds is 3. The third-order valence-corrected chi connectivity index (χ3v) is 4.70. The number of hydrogen-bond donors (Lipinski definition) is 2. The van der Waals surface area contributed by atoms with Gasteiger partial charge in [0, 0.05) is 38.7 Å². The van der Waals surface area contributed by atoms with E-state index < -0.39 is 6.10 Å². The number of likely N-dealkylation sites (tertiary alicyclic amines) is 1. The van der Waals surface area contributed by atoms with E-state index in [2.05, 4.69) is 15.3 Å². The number of aryl methyl sites for hydroxylation is 1. The smallest absolute Gasteiger partial charge is 0.321 e. The summed E-state index contributed by atoms with van der Waals surface area (Å²) in [6, 6.07) is 3.23. The number of amides is 2. The molecule has 8 heteroatoms. The van der Waals surface area contributed by atoms with Crippen LogP contribution in [0.3, 0.4) is 0 Å². The maximum Gasteiger partial charge on any atom is 0.321 e. The second-order valence-electron chi connectivity index (χ2n) is 5.94. The van der Waals surface area contributed by atoms with Gasteiger partial charge in [0.05, 0.1) is 5.69 Å². The average Bonchev–Trinajstić information content (AvgIpc) is 3.02. The van der Waals surface area contributed by atoms with Crippen molar-refractivity contribution in [1.82, 2.24) is 19.4 Å². The summed E-state index contributed by atoms with van der Waals surface area (Å²) in [6.45, 7) is 1.16. The molecule has 2 N–H and O–H groups in total. The SMILES string of the molecule is Cn1ccnc1C(O)C1CCN(C(=O)Nc2cccnc2Cl)CC1. The van der Waals surface area contributed by atoms with Gasteiger partial charge < -0.3 is 19.9 Å². The lowest BCUT2D eigenvalue weighted by molar-refractivity contribution is 0.0600. The molecule has 3 rings (SSSR count). The number of anilines is 1. The Labute approximate surface area is 145 Å². The third-order valence-electron chi connectivity index (χ3n) is 4.40. The number of aliphatic hydroxyl groups is 1. The monoisotopic (exact) mass is 349 g/mol. The molecule has 1 aliphatic rings. The summed E-state index contributed by atoms with van der Waals surface area (Å²) in [4.78, 5) is 22.2. The first-order valence-electron chi connectivity index (χ1n) is 7.88. The Bertz CT molecular complexity index is 712. The molecule has 1 atom stereocenters. The van der Waals surface area contributed by atoms with E-state index in [0.29, 0.717) is 24.6 Å². The fourth-order valence-electron chi connectivity index (χ4n) is 2.96. The minimum absolute atomic E-state index is 0.0946. The molecule has 128 valence electrons. The van der Waals surface area contributed by atoms with Crippen LogP contribution in [0.15, 0.2) is 30.7 Å². The van der Waals surface area contributed by atoms with Crippen molar-refractivity contribution in [2.24, 2.45) is 13.0 Å². The number of pyridine rings is 1. The summed E-state index contributed by atoms with van der Waals surface area (Å²) in [5.41, 5.74) is 0.499. The first-order chi connectivity index (χ1) is 11.6. The largest absolute Gasteiger partial charge is 0.385 e. The Morgan fingerprint density at radius 3 is 2.75 bits per heavy atom. The van der Waals surface area contributed by atoms with Crippen LogP contribution in [0.2, 0.25) is 5.15 Å². The molecule has 7 nitrogen and oxygen atoms in total. The maximum atomic E-state index is 12.3. The van der Waals surface area contributed by atoms with Crippen LogP contribution in [-0.4, -0.2) is 43.7 Å². The molecule has 2 aromatic heterocycles. The molecule has 2 amide bonds. The lowest BCUT2D eigenvalue weighted by atomic mass is 9.91. The van der Waals surface area contributed by atoms with Crippen LogP contribution in [0, 0.1) is 5.92 Å². The van der Waals surface area contributed by atoms with Crippen LogP contribution < -0.4 is 5.32 Å². The second kappa shape index (κ2) is 7.19. The highest BCUT2D eigenvalue weighted by atomic mass is 35.5. The molecule has 1 fully saturated rings. The highest BCUT2D eigenvalue weighted by Gasteiger charge is 2.30. The molecule has 1 saturated heterocycles. The topological polar surface area (TPSA) is 83.3 Å². The molecule has 1 aliphatic heterocycles. The van der Waals surface area contributed by atoms with Gasteiger partial charge in [-0.2, -0.15) is 0 Å². The Kier molecular flexibility index (Phi) is 5.01. The summed E-state index contributed by atoms with van der Waals surface area (Å²) in [7, 11) is 1.87. The number of hydrogen-bond acceptors (Lipinski definition) is 4. The number of imidazole rings is 1. The Balaban J connectivity index is 1.56. The predicted octanol–water partition coefficient (Wildman–Crippen LogP) is 2.45. The summed E-state index contributed by atoms with van der Waals surface area (Å²) in [6.07, 6.45) is 5.91. The highest BCUT2D eigenvalue weighted by Crippen LogP contribution is 2.30. The predicted molar refractivity (Wildman–Crippen MR) is 90.7 cm³/mol. The zero-order valence-electron chi connectivity index (χ0n) is 13.4. The Morgan fingerprint density at radius 1 is 1.38 bits per heavy atom. The molecule has 0 radical (unpaired) electrons. The number of nitrogens with one attached hydrogen (secondary N) is 1. The fourth-order valence-corrected chi connectivity index (χ4v) is 3.13. The van der Waals surface area contributed by atoms with Gasteiger partial charge in [-0.05, 0) is 30.9 Å². The van der Waals surface area contributed by atoms with Crippen LogP contribution in [0.25, 0.3) is 0 Å². The number of halogens is 1. The quantitative estimate of drug-likeness (QED) is 0.834. The van der Waals surface area contributed by atoms with Crippen molar-refractivity contribution in [2.45, 2.75) is 18.9 Å². The summed E-state index contributed by atoms with van der Waals surface area (Å²) < 4.78 is 1.83. The number of carbonyl (C=O) groups excluding carboxylic acids is 1. The number of piperidine rings is 1. The van der Waals surface area contributed by atoms with Gasteiger partial charge in [-0.15, -0.1) is 0 Å². The van der Waals surface area contributed by atoms with Gasteiger partial charge >= 0.3 is 6.03 Å². The summed E-state index contributed by atoms with van der Waals surface area (Å²) in [5.74, 6) is 0.761. The van der Waals surface area contributed by atoms with Crippen molar-refractivity contribution in [2.75, 3.05) is 18.4 Å². The van der Waals surface area contributed by atoms with Gasteiger partial charge in [-0.3, -0.25) is 0 Å². The van der Waals surface area contributed by atoms with Crippen molar-refractivity contribution in [3.8, 4) is 0 Å². The zero-order chi connectivity index (χ0) is 17.1. The molecule has 0 aliphatic carbocycles. The molecule has 0 spiro atoms. The zero-order valence-corrected chi connectivity index (χ0v) is 14.1. The Morgan fingerprint density at radius 2 is 2.12 bits per heavy atom. The van der Waals surface area contributed by atoms with E-state index in [9.17, 15) is 9.90 Å². The molecule has 0 bridgehead atoms. The van der Waals surface area contributed by atoms with Crippen molar-refractivity contribution in [1.29, 1.82) is 0 Å². The summed E-state index contributed by atoms with van der Waals surface area (Å²) in [5, 5.41) is 13.5. The molecule has 0 saturated carbocycles. The van der Waals surface area contributed by atoms with Crippen LogP contribution in [0.5, 0.6) is 0 Å². The van der Waals surface area contributed by atoms with Crippen LogP contribution in [-0.2, 0) is 7.05 Å². The maximum absolute atomic E-state index is 12.3. The number of urea groups is 1. The molecular formula is C16H20ClN5O2. The standard InChI is InChI=1S/C16H20ClN5O2/c1-21-10-7-19-15(21)13(23)11-4-8-22(9-5-11)16(24)20-12-3-2-6-18-14(12)17/h2-3,6-7,10-11,13,23H,4-5,8-9H2,1H3,(H,20,24). The van der Waals surface area contributed by atoms with E-state index in [1.165, 1.54) is 0 Å². The molecule has 2 aromatic rings.